The van der Waals surface area contributed by atoms with Crippen LogP contribution in [0.3, 0.4) is 0 Å². The Hall–Kier alpha value is -2.96. The Morgan fingerprint density at radius 2 is 1.89 bits per heavy atom. The number of benzene rings is 1. The lowest BCUT2D eigenvalue weighted by molar-refractivity contribution is 0.0512. The van der Waals surface area contributed by atoms with E-state index in [1.54, 1.807) is 36.6 Å². The zero-order chi connectivity index (χ0) is 19.6. The molecule has 2 heterocycles. The standard InChI is InChI=1S/C20H23NO6/c1-5-21-13(4)18(12(3)19(21)20(23)24-6-2)15(22)10-25-14-7-8-16-17(9-14)27-11-26-16/h7-9H,5-6,10-11H2,1-4H3. The Morgan fingerprint density at radius 3 is 2.59 bits per heavy atom. The average Bonchev–Trinajstić information content (AvgIpc) is 3.21. The van der Waals surface area contributed by atoms with Crippen LogP contribution in [0.2, 0.25) is 0 Å². The van der Waals surface area contributed by atoms with E-state index >= 15 is 0 Å². The summed E-state index contributed by atoms with van der Waals surface area (Å²) in [4.78, 5) is 25.1. The van der Waals surface area contributed by atoms with Crippen molar-refractivity contribution in [2.75, 3.05) is 20.0 Å². The lowest BCUT2D eigenvalue weighted by Crippen LogP contribution is -2.13. The molecule has 27 heavy (non-hydrogen) atoms. The molecule has 1 aromatic heterocycles. The number of Topliss-reactive ketones (excluding diaryl/α,β-unsaturated/α-hetero) is 1. The third-order valence-corrected chi connectivity index (χ3v) is 4.54. The van der Waals surface area contributed by atoms with Gasteiger partial charge in [-0.1, -0.05) is 0 Å². The van der Waals surface area contributed by atoms with Crippen molar-refractivity contribution >= 4 is 11.8 Å². The predicted molar refractivity (Wildman–Crippen MR) is 97.9 cm³/mol. The molecule has 7 nitrogen and oxygen atoms in total. The molecule has 0 spiro atoms. The Morgan fingerprint density at radius 1 is 1.15 bits per heavy atom. The molecule has 0 bridgehead atoms. The first-order chi connectivity index (χ1) is 13.0. The number of ether oxygens (including phenoxy) is 4. The molecule has 7 heteroatoms. The molecular weight excluding hydrogens is 350 g/mol. The van der Waals surface area contributed by atoms with Gasteiger partial charge in [0.25, 0.3) is 0 Å². The molecule has 0 atom stereocenters. The first-order valence-electron chi connectivity index (χ1n) is 8.90. The molecule has 1 aromatic carbocycles. The van der Waals surface area contributed by atoms with Gasteiger partial charge in [0.2, 0.25) is 12.6 Å². The average molecular weight is 373 g/mol. The number of carbonyl (C=O) groups is 2. The molecule has 0 radical (unpaired) electrons. The van der Waals surface area contributed by atoms with Gasteiger partial charge in [-0.3, -0.25) is 4.79 Å². The van der Waals surface area contributed by atoms with E-state index in [0.29, 0.717) is 40.6 Å². The van der Waals surface area contributed by atoms with Crippen LogP contribution in [-0.2, 0) is 11.3 Å². The SMILES string of the molecule is CCOC(=O)c1c(C)c(C(=O)COc2ccc3c(c2)OCO3)c(C)n1CC. The second-order valence-electron chi connectivity index (χ2n) is 6.13. The fourth-order valence-corrected chi connectivity index (χ4v) is 3.35. The normalized spacial score (nSPS) is 12.1. The molecule has 0 saturated heterocycles. The maximum atomic E-state index is 12.8. The number of hydrogen-bond donors (Lipinski definition) is 0. The topological polar surface area (TPSA) is 76.0 Å². The highest BCUT2D eigenvalue weighted by Gasteiger charge is 2.26. The minimum absolute atomic E-state index is 0.142. The molecule has 0 N–H and O–H groups in total. The molecular formula is C20H23NO6. The van der Waals surface area contributed by atoms with Crippen LogP contribution in [0, 0.1) is 13.8 Å². The van der Waals surface area contributed by atoms with Gasteiger partial charge in [0, 0.05) is 23.9 Å². The number of rotatable bonds is 7. The van der Waals surface area contributed by atoms with E-state index in [9.17, 15) is 9.59 Å². The van der Waals surface area contributed by atoms with Gasteiger partial charge < -0.3 is 23.5 Å². The van der Waals surface area contributed by atoms with Crippen LogP contribution in [-0.4, -0.2) is 36.3 Å². The van der Waals surface area contributed by atoms with Gasteiger partial charge in [-0.2, -0.15) is 0 Å². The molecule has 3 rings (SSSR count). The smallest absolute Gasteiger partial charge is 0.355 e. The first-order valence-corrected chi connectivity index (χ1v) is 8.90. The van der Waals surface area contributed by atoms with Crippen molar-refractivity contribution < 1.29 is 28.5 Å². The van der Waals surface area contributed by atoms with Crippen LogP contribution < -0.4 is 14.2 Å². The van der Waals surface area contributed by atoms with E-state index in [-0.39, 0.29) is 25.8 Å². The van der Waals surface area contributed by atoms with Crippen LogP contribution in [0.15, 0.2) is 18.2 Å². The molecule has 1 aliphatic rings. The largest absolute Gasteiger partial charge is 0.485 e. The van der Waals surface area contributed by atoms with Gasteiger partial charge in [-0.15, -0.1) is 0 Å². The third kappa shape index (κ3) is 3.49. The summed E-state index contributed by atoms with van der Waals surface area (Å²) < 4.78 is 23.2. The molecule has 0 saturated carbocycles. The molecule has 0 amide bonds. The van der Waals surface area contributed by atoms with Crippen molar-refractivity contribution in [3.8, 4) is 17.2 Å². The van der Waals surface area contributed by atoms with E-state index in [1.807, 2.05) is 13.8 Å². The van der Waals surface area contributed by atoms with Gasteiger partial charge >= 0.3 is 5.97 Å². The van der Waals surface area contributed by atoms with E-state index in [1.165, 1.54) is 0 Å². The Balaban J connectivity index is 1.81. The molecule has 1 aliphatic heterocycles. The molecule has 0 aliphatic carbocycles. The van der Waals surface area contributed by atoms with Gasteiger partial charge in [0.05, 0.1) is 6.61 Å². The van der Waals surface area contributed by atoms with Gasteiger partial charge in [-0.25, -0.2) is 4.79 Å². The molecule has 2 aromatic rings. The lowest BCUT2D eigenvalue weighted by Gasteiger charge is -2.08. The first kappa shape index (κ1) is 18.8. The van der Waals surface area contributed by atoms with E-state index in [0.717, 1.165) is 5.69 Å². The maximum Gasteiger partial charge on any atom is 0.355 e. The minimum atomic E-state index is -0.421. The van der Waals surface area contributed by atoms with E-state index in [4.69, 9.17) is 18.9 Å². The number of carbonyl (C=O) groups excluding carboxylic acids is 2. The number of esters is 1. The Kier molecular flexibility index (Phi) is 5.39. The summed E-state index contributed by atoms with van der Waals surface area (Å²) in [5.74, 6) is 1.15. The summed E-state index contributed by atoms with van der Waals surface area (Å²) in [6, 6.07) is 5.16. The second kappa shape index (κ2) is 7.73. The highest BCUT2D eigenvalue weighted by molar-refractivity contribution is 6.03. The van der Waals surface area contributed by atoms with Crippen molar-refractivity contribution in [3.05, 3.63) is 40.7 Å². The Bertz CT molecular complexity index is 883. The minimum Gasteiger partial charge on any atom is -0.485 e. The summed E-state index contributed by atoms with van der Waals surface area (Å²) in [6.07, 6.45) is 0. The van der Waals surface area contributed by atoms with Crippen LogP contribution in [0.4, 0.5) is 0 Å². The van der Waals surface area contributed by atoms with Crippen molar-refractivity contribution in [1.29, 1.82) is 0 Å². The second-order valence-corrected chi connectivity index (χ2v) is 6.13. The predicted octanol–water partition coefficient (Wildman–Crippen LogP) is 3.29. The van der Waals surface area contributed by atoms with Gasteiger partial charge in [-0.05, 0) is 45.4 Å². The van der Waals surface area contributed by atoms with Crippen molar-refractivity contribution in [2.24, 2.45) is 0 Å². The van der Waals surface area contributed by atoms with Crippen molar-refractivity contribution in [3.63, 3.8) is 0 Å². The van der Waals surface area contributed by atoms with Crippen LogP contribution in [0.25, 0.3) is 0 Å². The summed E-state index contributed by atoms with van der Waals surface area (Å²) in [7, 11) is 0. The molecule has 0 unspecified atom stereocenters. The number of fused-ring (bicyclic) bond motifs is 1. The number of hydrogen-bond acceptors (Lipinski definition) is 6. The molecule has 144 valence electrons. The van der Waals surface area contributed by atoms with E-state index < -0.39 is 5.97 Å². The van der Waals surface area contributed by atoms with Crippen LogP contribution >= 0.6 is 0 Å². The maximum absolute atomic E-state index is 12.8. The van der Waals surface area contributed by atoms with Gasteiger partial charge in [0.1, 0.15) is 11.4 Å². The highest BCUT2D eigenvalue weighted by atomic mass is 16.7. The number of aromatic nitrogens is 1. The lowest BCUT2D eigenvalue weighted by atomic mass is 10.1. The van der Waals surface area contributed by atoms with Gasteiger partial charge in [0.15, 0.2) is 18.1 Å². The summed E-state index contributed by atoms with van der Waals surface area (Å²) in [5.41, 5.74) is 2.27. The summed E-state index contributed by atoms with van der Waals surface area (Å²) >= 11 is 0. The monoisotopic (exact) mass is 373 g/mol. The Labute approximate surface area is 157 Å². The highest BCUT2D eigenvalue weighted by Crippen LogP contribution is 2.35. The van der Waals surface area contributed by atoms with Crippen LogP contribution in [0.1, 0.15) is 46.0 Å². The summed E-state index contributed by atoms with van der Waals surface area (Å²) in [5, 5.41) is 0. The van der Waals surface area contributed by atoms with Crippen molar-refractivity contribution in [1.82, 2.24) is 4.57 Å². The zero-order valence-electron chi connectivity index (χ0n) is 16.0. The third-order valence-electron chi connectivity index (χ3n) is 4.54. The fraction of sp³-hybridized carbons (Fsp3) is 0.400. The zero-order valence-corrected chi connectivity index (χ0v) is 16.0. The van der Waals surface area contributed by atoms with Crippen molar-refractivity contribution in [2.45, 2.75) is 34.2 Å². The summed E-state index contributed by atoms with van der Waals surface area (Å²) in [6.45, 7) is 8.15. The van der Waals surface area contributed by atoms with E-state index in [2.05, 4.69) is 0 Å². The number of nitrogens with zero attached hydrogens (tertiary/aromatic N) is 1. The molecule has 0 fully saturated rings. The fourth-order valence-electron chi connectivity index (χ4n) is 3.35. The van der Waals surface area contributed by atoms with Crippen LogP contribution in [0.5, 0.6) is 17.2 Å². The quantitative estimate of drug-likeness (QED) is 0.548. The number of ketones is 1.